The average molecular weight is 292 g/mol. The Morgan fingerprint density at radius 2 is 2.10 bits per heavy atom. The second-order valence-corrected chi connectivity index (χ2v) is 5.80. The first-order valence-electron chi connectivity index (χ1n) is 7.24. The van der Waals surface area contributed by atoms with Crippen LogP contribution in [0.2, 0.25) is 0 Å². The summed E-state index contributed by atoms with van der Waals surface area (Å²) in [6, 6.07) is 5.45. The summed E-state index contributed by atoms with van der Waals surface area (Å²) in [7, 11) is 3.20. The van der Waals surface area contributed by atoms with Crippen LogP contribution in [0.1, 0.15) is 25.3 Å². The van der Waals surface area contributed by atoms with E-state index >= 15 is 0 Å². The Kier molecular flexibility index (Phi) is 4.73. The van der Waals surface area contributed by atoms with Gasteiger partial charge in [-0.15, -0.1) is 0 Å². The summed E-state index contributed by atoms with van der Waals surface area (Å²) in [5.41, 5.74) is 6.34. The number of nitrogens with two attached hydrogens (primary N) is 1. The number of ether oxygens (including phenoxy) is 2. The summed E-state index contributed by atoms with van der Waals surface area (Å²) >= 11 is 0. The van der Waals surface area contributed by atoms with E-state index in [1.54, 1.807) is 14.2 Å². The fourth-order valence-electron chi connectivity index (χ4n) is 2.60. The zero-order chi connectivity index (χ0) is 15.5. The number of hydrogen-bond acceptors (Lipinski definition) is 4. The Morgan fingerprint density at radius 3 is 2.62 bits per heavy atom. The van der Waals surface area contributed by atoms with Crippen LogP contribution >= 0.6 is 0 Å². The molecule has 0 aromatic heterocycles. The quantitative estimate of drug-likeness (QED) is 0.798. The summed E-state index contributed by atoms with van der Waals surface area (Å²) in [5.74, 6) is 1.86. The highest BCUT2D eigenvalue weighted by Crippen LogP contribution is 2.39. The van der Waals surface area contributed by atoms with Crippen LogP contribution in [0.3, 0.4) is 0 Å². The lowest BCUT2D eigenvalue weighted by atomic mass is 9.95. The average Bonchev–Trinajstić information content (AvgIpc) is 3.31. The molecule has 5 heteroatoms. The van der Waals surface area contributed by atoms with Gasteiger partial charge in [-0.3, -0.25) is 4.79 Å². The lowest BCUT2D eigenvalue weighted by molar-refractivity contribution is -0.122. The van der Waals surface area contributed by atoms with Gasteiger partial charge in [0.1, 0.15) is 11.5 Å². The van der Waals surface area contributed by atoms with Crippen LogP contribution in [0.5, 0.6) is 11.5 Å². The SMILES string of the molecule is COc1ccc(OC)c(CC(=O)NC(C)(CN)C2CC2)c1. The molecule has 0 radical (unpaired) electrons. The number of nitrogens with one attached hydrogen (secondary N) is 1. The van der Waals surface area contributed by atoms with E-state index in [1.165, 1.54) is 0 Å². The molecule has 1 aliphatic carbocycles. The molecule has 1 aromatic carbocycles. The molecule has 1 unspecified atom stereocenters. The van der Waals surface area contributed by atoms with E-state index in [9.17, 15) is 4.79 Å². The number of carbonyl (C=O) groups is 1. The van der Waals surface area contributed by atoms with Crippen molar-refractivity contribution in [3.63, 3.8) is 0 Å². The number of rotatable bonds is 7. The van der Waals surface area contributed by atoms with E-state index in [-0.39, 0.29) is 17.9 Å². The molecule has 0 saturated heterocycles. The summed E-state index contributed by atoms with van der Waals surface area (Å²) in [6.07, 6.45) is 2.52. The lowest BCUT2D eigenvalue weighted by Crippen LogP contribution is -2.53. The molecule has 0 bridgehead atoms. The van der Waals surface area contributed by atoms with Gasteiger partial charge in [0, 0.05) is 12.1 Å². The largest absolute Gasteiger partial charge is 0.497 e. The minimum atomic E-state index is -0.302. The number of methoxy groups -OCH3 is 2. The Balaban J connectivity index is 2.08. The van der Waals surface area contributed by atoms with Crippen molar-refractivity contribution in [1.29, 1.82) is 0 Å². The maximum Gasteiger partial charge on any atom is 0.225 e. The molecule has 0 aliphatic heterocycles. The Labute approximate surface area is 125 Å². The van der Waals surface area contributed by atoms with Crippen molar-refractivity contribution in [3.8, 4) is 11.5 Å². The highest BCUT2D eigenvalue weighted by molar-refractivity contribution is 5.80. The van der Waals surface area contributed by atoms with E-state index in [1.807, 2.05) is 25.1 Å². The molecular weight excluding hydrogens is 268 g/mol. The first kappa shape index (κ1) is 15.6. The smallest absolute Gasteiger partial charge is 0.225 e. The predicted octanol–water partition coefficient (Wildman–Crippen LogP) is 1.49. The first-order valence-corrected chi connectivity index (χ1v) is 7.24. The molecule has 1 fully saturated rings. The molecular formula is C16H24N2O3. The minimum Gasteiger partial charge on any atom is -0.497 e. The molecule has 0 heterocycles. The predicted molar refractivity (Wildman–Crippen MR) is 81.6 cm³/mol. The van der Waals surface area contributed by atoms with Gasteiger partial charge in [0.15, 0.2) is 0 Å². The number of hydrogen-bond donors (Lipinski definition) is 2. The molecule has 116 valence electrons. The van der Waals surface area contributed by atoms with Crippen molar-refractivity contribution < 1.29 is 14.3 Å². The van der Waals surface area contributed by atoms with Crippen LogP contribution in [-0.2, 0) is 11.2 Å². The monoisotopic (exact) mass is 292 g/mol. The standard InChI is InChI=1S/C16H24N2O3/c1-16(10-17,12-4-5-12)18-15(19)9-11-8-13(20-2)6-7-14(11)21-3/h6-8,12H,4-5,9-10,17H2,1-3H3,(H,18,19). The molecule has 1 amide bonds. The van der Waals surface area contributed by atoms with E-state index < -0.39 is 0 Å². The van der Waals surface area contributed by atoms with E-state index in [2.05, 4.69) is 5.32 Å². The molecule has 1 saturated carbocycles. The van der Waals surface area contributed by atoms with Crippen LogP contribution in [0.25, 0.3) is 0 Å². The number of benzene rings is 1. The van der Waals surface area contributed by atoms with Crippen molar-refractivity contribution in [1.82, 2.24) is 5.32 Å². The molecule has 2 rings (SSSR count). The fraction of sp³-hybridized carbons (Fsp3) is 0.562. The van der Waals surface area contributed by atoms with Gasteiger partial charge in [0.2, 0.25) is 5.91 Å². The second-order valence-electron chi connectivity index (χ2n) is 5.80. The third-order valence-corrected chi connectivity index (χ3v) is 4.17. The highest BCUT2D eigenvalue weighted by atomic mass is 16.5. The lowest BCUT2D eigenvalue weighted by Gasteiger charge is -2.29. The fourth-order valence-corrected chi connectivity index (χ4v) is 2.60. The van der Waals surface area contributed by atoms with Crippen molar-refractivity contribution in [2.24, 2.45) is 11.7 Å². The first-order chi connectivity index (χ1) is 10.0. The van der Waals surface area contributed by atoms with Gasteiger partial charge >= 0.3 is 0 Å². The minimum absolute atomic E-state index is 0.0404. The molecule has 1 aliphatic rings. The van der Waals surface area contributed by atoms with Crippen LogP contribution in [0.4, 0.5) is 0 Å². The maximum atomic E-state index is 12.3. The summed E-state index contributed by atoms with van der Waals surface area (Å²) in [4.78, 5) is 12.3. The van der Waals surface area contributed by atoms with Gasteiger partial charge in [-0.05, 0) is 43.9 Å². The normalized spacial score (nSPS) is 17.0. The Hall–Kier alpha value is -1.75. The maximum absolute atomic E-state index is 12.3. The third-order valence-electron chi connectivity index (χ3n) is 4.17. The van der Waals surface area contributed by atoms with Crippen molar-refractivity contribution in [3.05, 3.63) is 23.8 Å². The molecule has 1 atom stereocenters. The van der Waals surface area contributed by atoms with E-state index in [4.69, 9.17) is 15.2 Å². The van der Waals surface area contributed by atoms with Gasteiger partial charge in [-0.1, -0.05) is 0 Å². The number of amides is 1. The summed E-state index contributed by atoms with van der Waals surface area (Å²) in [5, 5.41) is 3.08. The van der Waals surface area contributed by atoms with E-state index in [0.29, 0.717) is 24.0 Å². The van der Waals surface area contributed by atoms with Gasteiger partial charge in [0.05, 0.1) is 26.2 Å². The number of carbonyl (C=O) groups excluding carboxylic acids is 1. The third kappa shape index (κ3) is 3.67. The van der Waals surface area contributed by atoms with Crippen LogP contribution in [0.15, 0.2) is 18.2 Å². The highest BCUT2D eigenvalue weighted by Gasteiger charge is 2.41. The zero-order valence-electron chi connectivity index (χ0n) is 12.9. The van der Waals surface area contributed by atoms with Crippen LogP contribution < -0.4 is 20.5 Å². The molecule has 0 spiro atoms. The zero-order valence-corrected chi connectivity index (χ0v) is 12.9. The van der Waals surface area contributed by atoms with Crippen LogP contribution in [0, 0.1) is 5.92 Å². The Bertz CT molecular complexity index is 514. The van der Waals surface area contributed by atoms with Gasteiger partial charge in [-0.2, -0.15) is 0 Å². The molecule has 5 nitrogen and oxygen atoms in total. The van der Waals surface area contributed by atoms with Gasteiger partial charge < -0.3 is 20.5 Å². The summed E-state index contributed by atoms with van der Waals surface area (Å²) in [6.45, 7) is 2.48. The molecule has 1 aromatic rings. The van der Waals surface area contributed by atoms with E-state index in [0.717, 1.165) is 18.4 Å². The Morgan fingerprint density at radius 1 is 1.38 bits per heavy atom. The topological polar surface area (TPSA) is 73.6 Å². The van der Waals surface area contributed by atoms with Crippen molar-refractivity contribution in [2.45, 2.75) is 31.7 Å². The molecule has 3 N–H and O–H groups in total. The summed E-state index contributed by atoms with van der Waals surface area (Å²) < 4.78 is 10.5. The van der Waals surface area contributed by atoms with Gasteiger partial charge in [0.25, 0.3) is 0 Å². The van der Waals surface area contributed by atoms with Crippen molar-refractivity contribution >= 4 is 5.91 Å². The second kappa shape index (κ2) is 6.35. The van der Waals surface area contributed by atoms with Gasteiger partial charge in [-0.25, -0.2) is 0 Å². The van der Waals surface area contributed by atoms with Crippen LogP contribution in [-0.4, -0.2) is 32.2 Å². The molecule has 21 heavy (non-hydrogen) atoms. The van der Waals surface area contributed by atoms with Crippen molar-refractivity contribution in [2.75, 3.05) is 20.8 Å².